The van der Waals surface area contributed by atoms with Gasteiger partial charge in [0.25, 0.3) is 0 Å². The Morgan fingerprint density at radius 2 is 1.75 bits per heavy atom. The Morgan fingerprint density at radius 1 is 1.07 bits per heavy atom. The number of aryl methyl sites for hydroxylation is 1. The third-order valence-corrected chi connectivity index (χ3v) is 4.49. The lowest BCUT2D eigenvalue weighted by molar-refractivity contribution is -0.116. The van der Waals surface area contributed by atoms with E-state index in [1.54, 1.807) is 29.1 Å². The van der Waals surface area contributed by atoms with Crippen molar-refractivity contribution in [3.8, 4) is 6.07 Å². The van der Waals surface area contributed by atoms with E-state index in [-0.39, 0.29) is 5.91 Å². The Balaban J connectivity index is 1.57. The Bertz CT molecular complexity index is 965. The maximum atomic E-state index is 12.3. The summed E-state index contributed by atoms with van der Waals surface area (Å²) in [7, 11) is 4.02. The molecule has 6 heteroatoms. The molecule has 0 spiro atoms. The van der Waals surface area contributed by atoms with E-state index < -0.39 is 0 Å². The Hall–Kier alpha value is -3.59. The summed E-state index contributed by atoms with van der Waals surface area (Å²) in [5, 5.41) is 16.1. The maximum absolute atomic E-state index is 12.3. The average molecular weight is 373 g/mol. The summed E-state index contributed by atoms with van der Waals surface area (Å²) in [4.78, 5) is 14.4. The number of carbonyl (C=O) groups is 1. The standard InChI is InChI=1S/C22H23N5O/c1-26(2)20-10-7-19(8-11-20)16-27-21(13-14-24-27)25-22(28)12-9-17-3-5-18(15-23)6-4-17/h3-8,10-11,13-14H,9,12,16H2,1-2H3,(H,25,28). The fraction of sp³-hybridized carbons (Fsp3) is 0.227. The molecular formula is C22H23N5O. The number of aromatic nitrogens is 2. The van der Waals surface area contributed by atoms with Crippen molar-refractivity contribution in [3.63, 3.8) is 0 Å². The number of hydrogen-bond acceptors (Lipinski definition) is 4. The number of rotatable bonds is 7. The number of benzene rings is 2. The van der Waals surface area contributed by atoms with Gasteiger partial charge < -0.3 is 10.2 Å². The monoisotopic (exact) mass is 373 g/mol. The zero-order valence-electron chi connectivity index (χ0n) is 16.1. The van der Waals surface area contributed by atoms with Gasteiger partial charge in [-0.25, -0.2) is 4.68 Å². The molecule has 6 nitrogen and oxygen atoms in total. The van der Waals surface area contributed by atoms with Crippen molar-refractivity contribution in [1.29, 1.82) is 5.26 Å². The lowest BCUT2D eigenvalue weighted by atomic mass is 10.1. The first kappa shape index (κ1) is 19.2. The fourth-order valence-corrected chi connectivity index (χ4v) is 2.85. The van der Waals surface area contributed by atoms with E-state index in [0.717, 1.165) is 16.8 Å². The molecule has 1 aromatic heterocycles. The molecule has 28 heavy (non-hydrogen) atoms. The van der Waals surface area contributed by atoms with Crippen molar-refractivity contribution >= 4 is 17.4 Å². The van der Waals surface area contributed by atoms with Crippen LogP contribution in [0.2, 0.25) is 0 Å². The van der Waals surface area contributed by atoms with Gasteiger partial charge >= 0.3 is 0 Å². The molecule has 0 aliphatic rings. The maximum Gasteiger partial charge on any atom is 0.225 e. The number of nitriles is 1. The van der Waals surface area contributed by atoms with Crippen LogP contribution in [0.15, 0.2) is 60.8 Å². The molecule has 0 saturated heterocycles. The Labute approximate surface area is 165 Å². The van der Waals surface area contributed by atoms with Crippen LogP contribution in [0.3, 0.4) is 0 Å². The minimum atomic E-state index is -0.0611. The van der Waals surface area contributed by atoms with Crippen molar-refractivity contribution in [3.05, 3.63) is 77.5 Å². The first-order valence-corrected chi connectivity index (χ1v) is 9.12. The van der Waals surface area contributed by atoms with E-state index in [9.17, 15) is 4.79 Å². The molecule has 0 aliphatic heterocycles. The number of carbonyl (C=O) groups excluding carboxylic acids is 1. The Morgan fingerprint density at radius 3 is 2.39 bits per heavy atom. The van der Waals surface area contributed by atoms with Gasteiger partial charge in [-0.3, -0.25) is 4.79 Å². The molecule has 142 valence electrons. The predicted molar refractivity (Wildman–Crippen MR) is 110 cm³/mol. The average Bonchev–Trinajstić information content (AvgIpc) is 3.13. The molecular weight excluding hydrogens is 350 g/mol. The van der Waals surface area contributed by atoms with Crippen LogP contribution in [0.1, 0.15) is 23.1 Å². The van der Waals surface area contributed by atoms with Crippen LogP contribution in [0.25, 0.3) is 0 Å². The molecule has 0 bridgehead atoms. The van der Waals surface area contributed by atoms with Crippen molar-refractivity contribution in [1.82, 2.24) is 9.78 Å². The van der Waals surface area contributed by atoms with E-state index in [4.69, 9.17) is 5.26 Å². The second kappa shape index (κ2) is 8.87. The van der Waals surface area contributed by atoms with Gasteiger partial charge in [-0.15, -0.1) is 0 Å². The highest BCUT2D eigenvalue weighted by atomic mass is 16.1. The molecule has 3 rings (SSSR count). The van der Waals surface area contributed by atoms with E-state index in [1.165, 1.54) is 0 Å². The summed E-state index contributed by atoms with van der Waals surface area (Å²) in [6.07, 6.45) is 2.68. The van der Waals surface area contributed by atoms with Gasteiger partial charge in [-0.2, -0.15) is 10.4 Å². The largest absolute Gasteiger partial charge is 0.378 e. The minimum absolute atomic E-state index is 0.0611. The number of nitrogens with one attached hydrogen (secondary N) is 1. The van der Waals surface area contributed by atoms with E-state index in [0.29, 0.717) is 30.8 Å². The molecule has 1 N–H and O–H groups in total. The van der Waals surface area contributed by atoms with E-state index in [2.05, 4.69) is 45.7 Å². The second-order valence-electron chi connectivity index (χ2n) is 6.79. The zero-order valence-corrected chi connectivity index (χ0v) is 16.1. The van der Waals surface area contributed by atoms with Crippen molar-refractivity contribution in [2.75, 3.05) is 24.3 Å². The van der Waals surface area contributed by atoms with Crippen LogP contribution in [0, 0.1) is 11.3 Å². The normalized spacial score (nSPS) is 10.3. The van der Waals surface area contributed by atoms with Crippen molar-refractivity contribution < 1.29 is 4.79 Å². The molecule has 0 atom stereocenters. The highest BCUT2D eigenvalue weighted by Crippen LogP contribution is 2.15. The predicted octanol–water partition coefficient (Wildman–Crippen LogP) is 3.44. The summed E-state index contributed by atoms with van der Waals surface area (Å²) < 4.78 is 1.78. The lowest BCUT2D eigenvalue weighted by Crippen LogP contribution is -2.16. The first-order chi connectivity index (χ1) is 13.5. The van der Waals surface area contributed by atoms with E-state index >= 15 is 0 Å². The summed E-state index contributed by atoms with van der Waals surface area (Å²) in [6, 6.07) is 19.4. The highest BCUT2D eigenvalue weighted by molar-refractivity contribution is 5.89. The number of nitrogens with zero attached hydrogens (tertiary/aromatic N) is 4. The van der Waals surface area contributed by atoms with Gasteiger partial charge in [0.2, 0.25) is 5.91 Å². The number of hydrogen-bond donors (Lipinski definition) is 1. The molecule has 2 aromatic carbocycles. The number of anilines is 2. The van der Waals surface area contributed by atoms with Crippen LogP contribution in [0.4, 0.5) is 11.5 Å². The van der Waals surface area contributed by atoms with E-state index in [1.807, 2.05) is 26.2 Å². The van der Waals surface area contributed by atoms with Crippen LogP contribution in [-0.4, -0.2) is 29.8 Å². The number of amides is 1. The Kier molecular flexibility index (Phi) is 6.07. The first-order valence-electron chi connectivity index (χ1n) is 9.12. The second-order valence-corrected chi connectivity index (χ2v) is 6.79. The summed E-state index contributed by atoms with van der Waals surface area (Å²) >= 11 is 0. The molecule has 0 aliphatic carbocycles. The third kappa shape index (κ3) is 4.98. The van der Waals surface area contributed by atoms with Gasteiger partial charge in [0.1, 0.15) is 5.82 Å². The van der Waals surface area contributed by atoms with Gasteiger partial charge in [0.15, 0.2) is 0 Å². The molecule has 0 radical (unpaired) electrons. The summed E-state index contributed by atoms with van der Waals surface area (Å²) in [5.41, 5.74) is 3.90. The molecule has 0 fully saturated rings. The topological polar surface area (TPSA) is 74.0 Å². The van der Waals surface area contributed by atoms with Crippen LogP contribution < -0.4 is 10.2 Å². The summed E-state index contributed by atoms with van der Waals surface area (Å²) in [5.74, 6) is 0.621. The summed E-state index contributed by atoms with van der Waals surface area (Å²) in [6.45, 7) is 0.589. The molecule has 1 amide bonds. The zero-order chi connectivity index (χ0) is 19.9. The SMILES string of the molecule is CN(C)c1ccc(Cn2nccc2NC(=O)CCc2ccc(C#N)cc2)cc1. The third-order valence-electron chi connectivity index (χ3n) is 4.49. The van der Waals surface area contributed by atoms with Crippen LogP contribution in [0.5, 0.6) is 0 Å². The van der Waals surface area contributed by atoms with Gasteiger partial charge in [0.05, 0.1) is 24.4 Å². The minimum Gasteiger partial charge on any atom is -0.378 e. The van der Waals surface area contributed by atoms with Crippen molar-refractivity contribution in [2.45, 2.75) is 19.4 Å². The molecule has 0 saturated carbocycles. The van der Waals surface area contributed by atoms with Crippen LogP contribution in [-0.2, 0) is 17.8 Å². The molecule has 1 heterocycles. The fourth-order valence-electron chi connectivity index (χ4n) is 2.85. The van der Waals surface area contributed by atoms with Crippen molar-refractivity contribution in [2.24, 2.45) is 0 Å². The van der Waals surface area contributed by atoms with Gasteiger partial charge in [-0.05, 0) is 41.8 Å². The lowest BCUT2D eigenvalue weighted by Gasteiger charge is -2.13. The smallest absolute Gasteiger partial charge is 0.225 e. The van der Waals surface area contributed by atoms with Gasteiger partial charge in [-0.1, -0.05) is 24.3 Å². The highest BCUT2D eigenvalue weighted by Gasteiger charge is 2.09. The molecule has 3 aromatic rings. The molecule has 0 unspecified atom stereocenters. The van der Waals surface area contributed by atoms with Crippen LogP contribution >= 0.6 is 0 Å². The quantitative estimate of drug-likeness (QED) is 0.688. The van der Waals surface area contributed by atoms with Gasteiger partial charge in [0, 0.05) is 32.3 Å².